The second-order valence-electron chi connectivity index (χ2n) is 5.17. The van der Waals surface area contributed by atoms with Crippen molar-refractivity contribution >= 4 is 23.4 Å². The molecular formula is C14H20N2O2S. The minimum atomic E-state index is -0.913. The highest BCUT2D eigenvalue weighted by atomic mass is 32.1. The van der Waals surface area contributed by atoms with Crippen LogP contribution in [0.25, 0.3) is 6.08 Å². The van der Waals surface area contributed by atoms with Gasteiger partial charge in [-0.3, -0.25) is 4.90 Å². The number of carbonyl (C=O) groups is 1. The lowest BCUT2D eigenvalue weighted by atomic mass is 10.1. The minimum absolute atomic E-state index is 0.317. The number of aromatic nitrogens is 1. The summed E-state index contributed by atoms with van der Waals surface area (Å²) in [6.45, 7) is 7.37. The zero-order chi connectivity index (χ0) is 13.8. The normalized spacial score (nSPS) is 16.8. The van der Waals surface area contributed by atoms with Crippen molar-refractivity contribution in [3.05, 3.63) is 21.7 Å². The van der Waals surface area contributed by atoms with E-state index in [4.69, 9.17) is 5.11 Å². The van der Waals surface area contributed by atoms with E-state index in [1.54, 1.807) is 17.4 Å². The zero-order valence-corrected chi connectivity index (χ0v) is 12.2. The average molecular weight is 280 g/mol. The van der Waals surface area contributed by atoms with Gasteiger partial charge >= 0.3 is 5.97 Å². The Morgan fingerprint density at radius 1 is 1.47 bits per heavy atom. The van der Waals surface area contributed by atoms with Gasteiger partial charge in [0.25, 0.3) is 0 Å². The van der Waals surface area contributed by atoms with E-state index in [9.17, 15) is 4.79 Å². The molecule has 0 saturated carbocycles. The van der Waals surface area contributed by atoms with Crippen LogP contribution in [0.1, 0.15) is 48.2 Å². The summed E-state index contributed by atoms with van der Waals surface area (Å²) in [4.78, 5) is 18.7. The highest BCUT2D eigenvalue weighted by molar-refractivity contribution is 7.12. The van der Waals surface area contributed by atoms with E-state index in [1.807, 2.05) is 0 Å². The summed E-state index contributed by atoms with van der Waals surface area (Å²) in [5.41, 5.74) is 1.01. The monoisotopic (exact) mass is 280 g/mol. The molecule has 0 aromatic carbocycles. The van der Waals surface area contributed by atoms with Crippen LogP contribution in [0.4, 0.5) is 0 Å². The molecule has 0 aliphatic carbocycles. The fourth-order valence-electron chi connectivity index (χ4n) is 2.27. The lowest BCUT2D eigenvalue weighted by Crippen LogP contribution is -2.18. The standard InChI is InChI=1S/C14H20N2O2S/c1-10(2)14-11(5-6-13(17)18)19-12(15-14)9-16-7-3-4-8-16/h5-6,10H,3-4,7-9H2,1-2H3,(H,17,18)/b6-5+. The molecule has 1 saturated heterocycles. The average Bonchev–Trinajstić information content (AvgIpc) is 2.96. The van der Waals surface area contributed by atoms with Crippen molar-refractivity contribution in [3.63, 3.8) is 0 Å². The van der Waals surface area contributed by atoms with Crippen LogP contribution in [-0.4, -0.2) is 34.0 Å². The van der Waals surface area contributed by atoms with Crippen LogP contribution in [0.3, 0.4) is 0 Å². The van der Waals surface area contributed by atoms with Gasteiger partial charge in [-0.2, -0.15) is 0 Å². The van der Waals surface area contributed by atoms with Gasteiger partial charge in [0, 0.05) is 6.08 Å². The molecule has 5 heteroatoms. The highest BCUT2D eigenvalue weighted by Gasteiger charge is 2.17. The SMILES string of the molecule is CC(C)c1nc(CN2CCCC2)sc1/C=C/C(=O)O. The van der Waals surface area contributed by atoms with Crippen LogP contribution >= 0.6 is 11.3 Å². The lowest BCUT2D eigenvalue weighted by Gasteiger charge is -2.11. The van der Waals surface area contributed by atoms with Gasteiger partial charge < -0.3 is 5.11 Å². The first-order valence-electron chi connectivity index (χ1n) is 6.69. The molecule has 1 aliphatic heterocycles. The Balaban J connectivity index is 2.16. The van der Waals surface area contributed by atoms with Crippen LogP contribution in [0, 0.1) is 0 Å². The summed E-state index contributed by atoms with van der Waals surface area (Å²) in [5.74, 6) is -0.596. The fraction of sp³-hybridized carbons (Fsp3) is 0.571. The Kier molecular flexibility index (Phi) is 4.71. The van der Waals surface area contributed by atoms with E-state index in [-0.39, 0.29) is 0 Å². The first-order chi connectivity index (χ1) is 9.06. The second-order valence-corrected chi connectivity index (χ2v) is 6.28. The third kappa shape index (κ3) is 3.88. The number of carboxylic acids is 1. The maximum Gasteiger partial charge on any atom is 0.328 e. The van der Waals surface area contributed by atoms with Crippen LogP contribution in [0.2, 0.25) is 0 Å². The molecule has 19 heavy (non-hydrogen) atoms. The number of hydrogen-bond acceptors (Lipinski definition) is 4. The van der Waals surface area contributed by atoms with Crippen LogP contribution in [0.15, 0.2) is 6.08 Å². The predicted octanol–water partition coefficient (Wildman–Crippen LogP) is 2.96. The molecule has 0 bridgehead atoms. The van der Waals surface area contributed by atoms with Crippen molar-refractivity contribution in [1.82, 2.24) is 9.88 Å². The molecule has 1 N–H and O–H groups in total. The van der Waals surface area contributed by atoms with E-state index in [0.717, 1.165) is 35.2 Å². The van der Waals surface area contributed by atoms with Crippen molar-refractivity contribution in [2.45, 2.75) is 39.2 Å². The molecule has 0 spiro atoms. The summed E-state index contributed by atoms with van der Waals surface area (Å²) in [5, 5.41) is 9.82. The Labute approximate surface area is 117 Å². The molecule has 1 fully saturated rings. The van der Waals surface area contributed by atoms with Gasteiger partial charge in [0.2, 0.25) is 0 Å². The van der Waals surface area contributed by atoms with Crippen molar-refractivity contribution in [1.29, 1.82) is 0 Å². The van der Waals surface area contributed by atoms with Gasteiger partial charge in [0.1, 0.15) is 5.01 Å². The summed E-state index contributed by atoms with van der Waals surface area (Å²) in [6, 6.07) is 0. The third-order valence-electron chi connectivity index (χ3n) is 3.21. The first-order valence-corrected chi connectivity index (χ1v) is 7.51. The molecule has 0 unspecified atom stereocenters. The Morgan fingerprint density at radius 2 is 2.16 bits per heavy atom. The molecular weight excluding hydrogens is 260 g/mol. The minimum Gasteiger partial charge on any atom is -0.478 e. The van der Waals surface area contributed by atoms with Crippen LogP contribution < -0.4 is 0 Å². The van der Waals surface area contributed by atoms with Crippen molar-refractivity contribution in [2.75, 3.05) is 13.1 Å². The molecule has 0 atom stereocenters. The molecule has 0 radical (unpaired) electrons. The molecule has 0 amide bonds. The number of hydrogen-bond donors (Lipinski definition) is 1. The van der Waals surface area contributed by atoms with Gasteiger partial charge in [-0.25, -0.2) is 9.78 Å². The first kappa shape index (κ1) is 14.2. The van der Waals surface area contributed by atoms with E-state index < -0.39 is 5.97 Å². The maximum absolute atomic E-state index is 10.6. The maximum atomic E-state index is 10.6. The number of carboxylic acid groups (broad SMARTS) is 1. The van der Waals surface area contributed by atoms with Gasteiger partial charge in [-0.1, -0.05) is 13.8 Å². The molecule has 104 valence electrons. The molecule has 2 rings (SSSR count). The number of nitrogens with zero attached hydrogens (tertiary/aromatic N) is 2. The summed E-state index contributed by atoms with van der Waals surface area (Å²) in [6.07, 6.45) is 5.41. The molecule has 1 aromatic heterocycles. The number of aliphatic carboxylic acids is 1. The molecule has 1 aliphatic rings. The molecule has 4 nitrogen and oxygen atoms in total. The topological polar surface area (TPSA) is 53.4 Å². The number of rotatable bonds is 5. The van der Waals surface area contributed by atoms with Crippen molar-refractivity contribution < 1.29 is 9.90 Å². The molecule has 1 aromatic rings. The van der Waals surface area contributed by atoms with Gasteiger partial charge in [-0.15, -0.1) is 11.3 Å². The summed E-state index contributed by atoms with van der Waals surface area (Å²) >= 11 is 1.61. The van der Waals surface area contributed by atoms with Gasteiger partial charge in [-0.05, 0) is 37.9 Å². The van der Waals surface area contributed by atoms with E-state index >= 15 is 0 Å². The smallest absolute Gasteiger partial charge is 0.328 e. The number of thiazole rings is 1. The fourth-order valence-corrected chi connectivity index (χ4v) is 3.44. The van der Waals surface area contributed by atoms with Gasteiger partial charge in [0.05, 0.1) is 17.1 Å². The molecule has 2 heterocycles. The van der Waals surface area contributed by atoms with E-state index in [0.29, 0.717) is 5.92 Å². The summed E-state index contributed by atoms with van der Waals surface area (Å²) < 4.78 is 0. The van der Waals surface area contributed by atoms with Crippen molar-refractivity contribution in [2.24, 2.45) is 0 Å². The van der Waals surface area contributed by atoms with Gasteiger partial charge in [0.15, 0.2) is 0 Å². The third-order valence-corrected chi connectivity index (χ3v) is 4.23. The van der Waals surface area contributed by atoms with Crippen LogP contribution in [-0.2, 0) is 11.3 Å². The van der Waals surface area contributed by atoms with Crippen LogP contribution in [0.5, 0.6) is 0 Å². The Morgan fingerprint density at radius 3 is 2.74 bits per heavy atom. The van der Waals surface area contributed by atoms with Crippen molar-refractivity contribution in [3.8, 4) is 0 Å². The Hall–Kier alpha value is -1.20. The zero-order valence-electron chi connectivity index (χ0n) is 11.4. The summed E-state index contributed by atoms with van der Waals surface area (Å²) in [7, 11) is 0. The quantitative estimate of drug-likeness (QED) is 0.843. The van der Waals surface area contributed by atoms with E-state index in [2.05, 4.69) is 23.7 Å². The Bertz CT molecular complexity index is 474. The number of likely N-dealkylation sites (tertiary alicyclic amines) is 1. The lowest BCUT2D eigenvalue weighted by molar-refractivity contribution is -0.131. The second kappa shape index (κ2) is 6.30. The van der Waals surface area contributed by atoms with E-state index in [1.165, 1.54) is 18.9 Å². The largest absolute Gasteiger partial charge is 0.478 e. The predicted molar refractivity (Wildman–Crippen MR) is 77.4 cm³/mol. The highest BCUT2D eigenvalue weighted by Crippen LogP contribution is 2.27.